The number of nitrogens with one attached hydrogen (secondary N) is 2. The summed E-state index contributed by atoms with van der Waals surface area (Å²) in [5.41, 5.74) is -1.14. The van der Waals surface area contributed by atoms with Crippen LogP contribution in [-0.4, -0.2) is 49.4 Å². The number of thiocarbonyl (C=S) groups is 1. The van der Waals surface area contributed by atoms with E-state index in [-0.39, 0.29) is 22.9 Å². The number of benzene rings is 1. The predicted molar refractivity (Wildman–Crippen MR) is 93.6 cm³/mol. The van der Waals surface area contributed by atoms with E-state index < -0.39 is 34.2 Å². The number of anilines is 1. The van der Waals surface area contributed by atoms with Crippen LogP contribution in [0.5, 0.6) is 0 Å². The van der Waals surface area contributed by atoms with Crippen LogP contribution in [0.2, 0.25) is 0 Å². The first-order valence-corrected chi connectivity index (χ1v) is 8.06. The van der Waals surface area contributed by atoms with Gasteiger partial charge in [0, 0.05) is 17.8 Å². The molecule has 0 saturated carbocycles. The fraction of sp³-hybridized carbons (Fsp3) is 0.333. The van der Waals surface area contributed by atoms with Gasteiger partial charge in [0.05, 0.1) is 11.3 Å². The van der Waals surface area contributed by atoms with Crippen molar-refractivity contribution in [2.24, 2.45) is 0 Å². The smallest absolute Gasteiger partial charge is 0.271 e. The van der Waals surface area contributed by atoms with Gasteiger partial charge in [-0.3, -0.25) is 29.8 Å². The van der Waals surface area contributed by atoms with Crippen LogP contribution in [0.15, 0.2) is 24.3 Å². The van der Waals surface area contributed by atoms with Gasteiger partial charge in [0.2, 0.25) is 17.7 Å². The molecular formula is C15H15N5O5S. The Hall–Kier alpha value is -2.92. The molecule has 0 spiro atoms. The number of amides is 3. The lowest BCUT2D eigenvalue weighted by atomic mass is 10.00. The molecule has 2 saturated heterocycles. The Morgan fingerprint density at radius 2 is 2.12 bits per heavy atom. The van der Waals surface area contributed by atoms with Gasteiger partial charge in [-0.15, -0.1) is 0 Å². The number of nitro groups is 1. The number of fused-ring (bicyclic) bond motifs is 1. The van der Waals surface area contributed by atoms with Crippen LogP contribution in [0.25, 0.3) is 0 Å². The van der Waals surface area contributed by atoms with Crippen LogP contribution in [0.3, 0.4) is 0 Å². The molecule has 2 aliphatic heterocycles. The Morgan fingerprint density at radius 1 is 1.42 bits per heavy atom. The van der Waals surface area contributed by atoms with E-state index in [2.05, 4.69) is 10.6 Å². The van der Waals surface area contributed by atoms with E-state index in [4.69, 9.17) is 12.2 Å². The van der Waals surface area contributed by atoms with Crippen molar-refractivity contribution < 1.29 is 19.3 Å². The highest BCUT2D eigenvalue weighted by molar-refractivity contribution is 7.80. The first kappa shape index (κ1) is 17.9. The summed E-state index contributed by atoms with van der Waals surface area (Å²) in [6.45, 7) is 3.15. The van der Waals surface area contributed by atoms with Crippen molar-refractivity contribution in [3.63, 3.8) is 0 Å². The van der Waals surface area contributed by atoms with Crippen LogP contribution in [-0.2, 0) is 14.4 Å². The molecule has 0 radical (unpaired) electrons. The maximum Gasteiger partial charge on any atom is 0.271 e. The zero-order valence-electron chi connectivity index (χ0n) is 13.9. The normalized spacial score (nSPS) is 22.0. The van der Waals surface area contributed by atoms with Gasteiger partial charge >= 0.3 is 0 Å². The van der Waals surface area contributed by atoms with Gasteiger partial charge in [-0.05, 0) is 32.1 Å². The third kappa shape index (κ3) is 2.80. The number of nitro benzene ring substituents is 1. The number of hydrogen-bond donors (Lipinski definition) is 2. The molecule has 1 aromatic carbocycles. The quantitative estimate of drug-likeness (QED) is 0.447. The predicted octanol–water partition coefficient (Wildman–Crippen LogP) is 0.544. The second-order valence-electron chi connectivity index (χ2n) is 6.39. The average molecular weight is 377 g/mol. The molecule has 2 fully saturated rings. The number of carbonyl (C=O) groups is 3. The Balaban J connectivity index is 1.88. The summed E-state index contributed by atoms with van der Waals surface area (Å²) in [5.74, 6) is -1.41. The summed E-state index contributed by atoms with van der Waals surface area (Å²) in [6.07, 6.45) is -0.167. The zero-order valence-corrected chi connectivity index (χ0v) is 14.7. The molecule has 10 nitrogen and oxygen atoms in total. The molecule has 0 aliphatic carbocycles. The summed E-state index contributed by atoms with van der Waals surface area (Å²) in [4.78, 5) is 47.5. The van der Waals surface area contributed by atoms with Crippen molar-refractivity contribution in [1.29, 1.82) is 0 Å². The molecule has 2 heterocycles. The Bertz CT molecular complexity index is 855. The molecule has 0 aromatic heterocycles. The number of non-ortho nitro benzene ring substituents is 1. The molecule has 2 aliphatic rings. The summed E-state index contributed by atoms with van der Waals surface area (Å²) < 4.78 is 0. The maximum atomic E-state index is 12.7. The molecule has 26 heavy (non-hydrogen) atoms. The van der Waals surface area contributed by atoms with E-state index in [1.165, 1.54) is 29.3 Å². The molecule has 0 bridgehead atoms. The van der Waals surface area contributed by atoms with Crippen LogP contribution >= 0.6 is 12.2 Å². The van der Waals surface area contributed by atoms with Crippen molar-refractivity contribution in [3.8, 4) is 0 Å². The van der Waals surface area contributed by atoms with Gasteiger partial charge in [0.1, 0.15) is 11.6 Å². The van der Waals surface area contributed by atoms with Gasteiger partial charge in [-0.2, -0.15) is 5.01 Å². The zero-order chi connectivity index (χ0) is 19.2. The number of hydrogen-bond acceptors (Lipinski definition) is 7. The van der Waals surface area contributed by atoms with Gasteiger partial charge in [-0.25, -0.2) is 5.01 Å². The van der Waals surface area contributed by atoms with Gasteiger partial charge < -0.3 is 5.32 Å². The first-order chi connectivity index (χ1) is 12.1. The summed E-state index contributed by atoms with van der Waals surface area (Å²) in [7, 11) is 0. The van der Waals surface area contributed by atoms with Gasteiger partial charge in [0.15, 0.2) is 5.11 Å². The van der Waals surface area contributed by atoms with E-state index >= 15 is 0 Å². The fourth-order valence-electron chi connectivity index (χ4n) is 2.98. The molecule has 1 atom stereocenters. The van der Waals surface area contributed by atoms with Crippen LogP contribution in [0.4, 0.5) is 11.4 Å². The van der Waals surface area contributed by atoms with Crippen molar-refractivity contribution in [3.05, 3.63) is 34.4 Å². The minimum atomic E-state index is -1.18. The molecular weight excluding hydrogens is 362 g/mol. The highest BCUT2D eigenvalue weighted by Crippen LogP contribution is 2.33. The largest absolute Gasteiger partial charge is 0.324 e. The molecule has 11 heteroatoms. The monoisotopic (exact) mass is 377 g/mol. The van der Waals surface area contributed by atoms with E-state index in [0.29, 0.717) is 0 Å². The van der Waals surface area contributed by atoms with Crippen molar-refractivity contribution >= 4 is 46.4 Å². The third-order valence-electron chi connectivity index (χ3n) is 4.28. The fourth-order valence-corrected chi connectivity index (χ4v) is 3.26. The number of nitrogens with zero attached hydrogens (tertiary/aromatic N) is 3. The van der Waals surface area contributed by atoms with Crippen LogP contribution in [0, 0.1) is 10.1 Å². The highest BCUT2D eigenvalue weighted by Gasteiger charge is 2.56. The summed E-state index contributed by atoms with van der Waals surface area (Å²) in [5, 5.41) is 18.3. The lowest BCUT2D eigenvalue weighted by molar-refractivity contribution is -0.384. The van der Waals surface area contributed by atoms with Crippen LogP contribution < -0.4 is 10.6 Å². The molecule has 1 aromatic rings. The SMILES string of the molecule is CC1(C)C(=O)NC(=S)N2C(=O)C[C@@H](C(=O)Nc3cccc([N+](=O)[O-])c3)N21. The van der Waals surface area contributed by atoms with E-state index in [9.17, 15) is 24.5 Å². The third-order valence-corrected chi connectivity index (χ3v) is 4.56. The molecule has 3 rings (SSSR count). The standard InChI is InChI=1S/C15H15N5O5S/c1-15(2)13(23)17-14(26)18-11(21)7-10(19(15)18)12(22)16-8-4-3-5-9(6-8)20(24)25/h3-6,10H,7H2,1-2H3,(H,16,22)(H,17,23,26)/t10-/m0/s1. The summed E-state index contributed by atoms with van der Waals surface area (Å²) >= 11 is 5.04. The number of carbonyl (C=O) groups excluding carboxylic acids is 3. The maximum absolute atomic E-state index is 12.7. The molecule has 136 valence electrons. The number of rotatable bonds is 3. The molecule has 0 unspecified atom stereocenters. The molecule has 3 amide bonds. The second kappa shape index (κ2) is 6.11. The van der Waals surface area contributed by atoms with E-state index in [1.54, 1.807) is 13.8 Å². The summed E-state index contributed by atoms with van der Waals surface area (Å²) in [6, 6.07) is 4.48. The Kier molecular flexibility index (Phi) is 4.20. The van der Waals surface area contributed by atoms with Gasteiger partial charge in [-0.1, -0.05) is 6.07 Å². The van der Waals surface area contributed by atoms with Crippen molar-refractivity contribution in [1.82, 2.24) is 15.3 Å². The topological polar surface area (TPSA) is 125 Å². The minimum absolute atomic E-state index is 0.0787. The average Bonchev–Trinajstić information content (AvgIpc) is 2.92. The Morgan fingerprint density at radius 3 is 2.77 bits per heavy atom. The lowest BCUT2D eigenvalue weighted by Gasteiger charge is -2.45. The second-order valence-corrected chi connectivity index (χ2v) is 6.77. The van der Waals surface area contributed by atoms with Crippen molar-refractivity contribution in [2.75, 3.05) is 5.32 Å². The lowest BCUT2D eigenvalue weighted by Crippen LogP contribution is -2.71. The van der Waals surface area contributed by atoms with Gasteiger partial charge in [0.25, 0.3) is 5.69 Å². The molecule has 2 N–H and O–H groups in total. The van der Waals surface area contributed by atoms with Crippen LogP contribution in [0.1, 0.15) is 20.3 Å². The first-order valence-electron chi connectivity index (χ1n) is 7.66. The minimum Gasteiger partial charge on any atom is -0.324 e. The van der Waals surface area contributed by atoms with Crippen molar-refractivity contribution in [2.45, 2.75) is 31.8 Å². The Labute approximate surface area is 153 Å². The highest BCUT2D eigenvalue weighted by atomic mass is 32.1. The van der Waals surface area contributed by atoms with E-state index in [1.807, 2.05) is 0 Å². The van der Waals surface area contributed by atoms with E-state index in [0.717, 1.165) is 5.01 Å². The number of hydrazine groups is 1.